The maximum absolute atomic E-state index is 11.4. The molecule has 1 N–H and O–H groups in total. The molecular weight excluding hydrogens is 316 g/mol. The average molecular weight is 335 g/mol. The van der Waals surface area contributed by atoms with Crippen molar-refractivity contribution in [2.24, 2.45) is 0 Å². The number of nitrogens with one attached hydrogen (secondary N) is 1. The van der Waals surface area contributed by atoms with Crippen molar-refractivity contribution < 1.29 is 8.42 Å². The van der Waals surface area contributed by atoms with Crippen LogP contribution in [0.25, 0.3) is 0 Å². The lowest BCUT2D eigenvalue weighted by Gasteiger charge is -2.18. The largest absolute Gasteiger partial charge is 0.300 e. The Balaban J connectivity index is 2.79. The Labute approximate surface area is 118 Å². The molecule has 0 radical (unpaired) electrons. The van der Waals surface area contributed by atoms with Gasteiger partial charge in [-0.25, -0.2) is 8.42 Å². The Morgan fingerprint density at radius 2 is 1.94 bits per heavy atom. The van der Waals surface area contributed by atoms with Crippen LogP contribution < -0.4 is 4.72 Å². The van der Waals surface area contributed by atoms with Crippen LogP contribution in [-0.2, 0) is 16.6 Å². The quantitative estimate of drug-likeness (QED) is 0.780. The second-order valence-electron chi connectivity index (χ2n) is 3.99. The summed E-state index contributed by atoms with van der Waals surface area (Å²) in [6.45, 7) is 7.01. The van der Waals surface area contributed by atoms with E-state index in [0.717, 1.165) is 25.2 Å². The van der Waals surface area contributed by atoms with Crippen molar-refractivity contribution in [3.05, 3.63) is 29.8 Å². The summed E-state index contributed by atoms with van der Waals surface area (Å²) < 4.78 is 25.3. The van der Waals surface area contributed by atoms with E-state index in [9.17, 15) is 8.42 Å². The Morgan fingerprint density at radius 1 is 1.28 bits per heavy atom. The Bertz CT molecular complexity index is 473. The molecule has 0 aromatic heterocycles. The Hall–Kier alpha value is -0.590. The molecule has 1 aromatic rings. The highest BCUT2D eigenvalue weighted by Crippen LogP contribution is 2.14. The van der Waals surface area contributed by atoms with Crippen molar-refractivity contribution in [2.75, 3.05) is 22.5 Å². The van der Waals surface area contributed by atoms with Crippen molar-refractivity contribution in [3.8, 4) is 0 Å². The number of benzene rings is 1. The van der Waals surface area contributed by atoms with E-state index in [-0.39, 0.29) is 4.66 Å². The minimum absolute atomic E-state index is 0.0970. The van der Waals surface area contributed by atoms with Gasteiger partial charge < -0.3 is 0 Å². The molecule has 0 aliphatic rings. The third kappa shape index (κ3) is 4.96. The third-order valence-electron chi connectivity index (χ3n) is 2.64. The predicted octanol–water partition coefficient (Wildman–Crippen LogP) is 2.62. The summed E-state index contributed by atoms with van der Waals surface area (Å²) in [6, 6.07) is 7.50. The molecule has 0 fully saturated rings. The van der Waals surface area contributed by atoms with E-state index in [2.05, 4.69) is 39.4 Å². The first-order valence-electron chi connectivity index (χ1n) is 5.88. The third-order valence-corrected chi connectivity index (χ3v) is 5.29. The molecule has 4 nitrogen and oxygen atoms in total. The number of nitrogens with zero attached hydrogens (tertiary/aromatic N) is 1. The maximum atomic E-state index is 11.4. The molecule has 0 saturated carbocycles. The highest BCUT2D eigenvalue weighted by atomic mass is 79.9. The number of hydrogen-bond acceptors (Lipinski definition) is 3. The molecule has 0 saturated heterocycles. The summed E-state index contributed by atoms with van der Waals surface area (Å²) in [5.41, 5.74) is 1.72. The van der Waals surface area contributed by atoms with Crippen LogP contribution >= 0.6 is 15.9 Å². The standard InChI is InChI=1S/C12H19BrN2O2S/c1-3-15(4-2)9-11-6-5-7-12(8-11)14-18(16,17)10-13/h5-8,14H,3-4,9-10H2,1-2H3. The van der Waals surface area contributed by atoms with Crippen molar-refractivity contribution in [2.45, 2.75) is 20.4 Å². The molecule has 0 amide bonds. The molecule has 0 spiro atoms. The lowest BCUT2D eigenvalue weighted by molar-refractivity contribution is 0.296. The van der Waals surface area contributed by atoms with Crippen molar-refractivity contribution in [3.63, 3.8) is 0 Å². The van der Waals surface area contributed by atoms with Crippen LogP contribution in [0, 0.1) is 0 Å². The molecule has 0 atom stereocenters. The van der Waals surface area contributed by atoms with Gasteiger partial charge in [0.1, 0.15) is 4.66 Å². The number of alkyl halides is 1. The fourth-order valence-corrected chi connectivity index (χ4v) is 2.53. The fraction of sp³-hybridized carbons (Fsp3) is 0.500. The number of sulfonamides is 1. The smallest absolute Gasteiger partial charge is 0.242 e. The van der Waals surface area contributed by atoms with Gasteiger partial charge in [0.15, 0.2) is 0 Å². The van der Waals surface area contributed by atoms with Crippen LogP contribution in [-0.4, -0.2) is 31.1 Å². The average Bonchev–Trinajstić information content (AvgIpc) is 2.36. The molecule has 0 aliphatic carbocycles. The van der Waals surface area contributed by atoms with E-state index in [4.69, 9.17) is 0 Å². The second kappa shape index (κ2) is 7.11. The lowest BCUT2D eigenvalue weighted by Crippen LogP contribution is -2.22. The van der Waals surface area contributed by atoms with Crippen molar-refractivity contribution in [1.29, 1.82) is 0 Å². The van der Waals surface area contributed by atoms with Gasteiger partial charge in [-0.3, -0.25) is 9.62 Å². The van der Waals surface area contributed by atoms with E-state index in [1.54, 1.807) is 6.07 Å². The zero-order valence-electron chi connectivity index (χ0n) is 10.7. The van der Waals surface area contributed by atoms with E-state index >= 15 is 0 Å². The van der Waals surface area contributed by atoms with E-state index in [0.29, 0.717) is 5.69 Å². The number of halogens is 1. The summed E-state index contributed by atoms with van der Waals surface area (Å²) >= 11 is 2.95. The summed E-state index contributed by atoms with van der Waals surface area (Å²) in [7, 11) is -3.28. The molecular formula is C12H19BrN2O2S. The predicted molar refractivity (Wildman–Crippen MR) is 79.4 cm³/mol. The van der Waals surface area contributed by atoms with Gasteiger partial charge in [0.05, 0.1) is 0 Å². The van der Waals surface area contributed by atoms with Gasteiger partial charge >= 0.3 is 0 Å². The van der Waals surface area contributed by atoms with Gasteiger partial charge in [-0.15, -0.1) is 0 Å². The van der Waals surface area contributed by atoms with Gasteiger partial charge in [0.25, 0.3) is 0 Å². The molecule has 0 heterocycles. The van der Waals surface area contributed by atoms with Gasteiger partial charge in [-0.1, -0.05) is 41.9 Å². The molecule has 1 aromatic carbocycles. The highest BCUT2D eigenvalue weighted by Gasteiger charge is 2.08. The SMILES string of the molecule is CCN(CC)Cc1cccc(NS(=O)(=O)CBr)c1. The van der Waals surface area contributed by atoms with Crippen LogP contribution in [0.15, 0.2) is 24.3 Å². The Kier molecular flexibility index (Phi) is 6.11. The van der Waals surface area contributed by atoms with E-state index in [1.807, 2.05) is 18.2 Å². The first-order chi connectivity index (χ1) is 8.50. The summed E-state index contributed by atoms with van der Waals surface area (Å²) in [5, 5.41) is 0. The molecule has 102 valence electrons. The normalized spacial score (nSPS) is 11.8. The maximum Gasteiger partial charge on any atom is 0.242 e. The minimum atomic E-state index is -3.28. The highest BCUT2D eigenvalue weighted by molar-refractivity contribution is 9.10. The van der Waals surface area contributed by atoms with Gasteiger partial charge in [-0.2, -0.15) is 0 Å². The fourth-order valence-electron chi connectivity index (χ4n) is 1.65. The molecule has 1 rings (SSSR count). The molecule has 0 bridgehead atoms. The minimum Gasteiger partial charge on any atom is -0.300 e. The first kappa shape index (κ1) is 15.5. The molecule has 6 heteroatoms. The van der Waals surface area contributed by atoms with Gasteiger partial charge in [0.2, 0.25) is 10.0 Å². The van der Waals surface area contributed by atoms with Crippen LogP contribution in [0.5, 0.6) is 0 Å². The van der Waals surface area contributed by atoms with Gasteiger partial charge in [-0.05, 0) is 30.8 Å². The van der Waals surface area contributed by atoms with Crippen molar-refractivity contribution in [1.82, 2.24) is 4.90 Å². The first-order valence-corrected chi connectivity index (χ1v) is 8.65. The zero-order valence-corrected chi connectivity index (χ0v) is 13.1. The van der Waals surface area contributed by atoms with E-state index < -0.39 is 10.0 Å². The van der Waals surface area contributed by atoms with Gasteiger partial charge in [0, 0.05) is 12.2 Å². The molecule has 18 heavy (non-hydrogen) atoms. The van der Waals surface area contributed by atoms with Crippen LogP contribution in [0.1, 0.15) is 19.4 Å². The number of hydrogen-bond donors (Lipinski definition) is 1. The topological polar surface area (TPSA) is 49.4 Å². The molecule has 0 unspecified atom stereocenters. The monoisotopic (exact) mass is 334 g/mol. The number of anilines is 1. The van der Waals surface area contributed by atoms with Crippen LogP contribution in [0.3, 0.4) is 0 Å². The summed E-state index contributed by atoms with van der Waals surface area (Å²) in [4.78, 5) is 2.28. The van der Waals surface area contributed by atoms with E-state index in [1.165, 1.54) is 0 Å². The molecule has 0 aliphatic heterocycles. The van der Waals surface area contributed by atoms with Crippen LogP contribution in [0.2, 0.25) is 0 Å². The second-order valence-corrected chi connectivity index (χ2v) is 7.01. The zero-order chi connectivity index (χ0) is 13.6. The summed E-state index contributed by atoms with van der Waals surface area (Å²) in [6.07, 6.45) is 0. The lowest BCUT2D eigenvalue weighted by atomic mass is 10.2. The van der Waals surface area contributed by atoms with Crippen molar-refractivity contribution >= 4 is 31.6 Å². The van der Waals surface area contributed by atoms with Crippen LogP contribution in [0.4, 0.5) is 5.69 Å². The summed E-state index contributed by atoms with van der Waals surface area (Å²) in [5.74, 6) is 0. The Morgan fingerprint density at radius 3 is 2.50 bits per heavy atom. The number of rotatable bonds is 7.